The Balaban J connectivity index is 2.18. The van der Waals surface area contributed by atoms with E-state index in [-0.39, 0.29) is 39.7 Å². The molecule has 0 bridgehead atoms. The zero-order valence-electron chi connectivity index (χ0n) is 34.1. The maximum Gasteiger partial charge on any atom is 0.275 e. The quantitative estimate of drug-likeness (QED) is 0.100. The van der Waals surface area contributed by atoms with Crippen LogP contribution in [0.25, 0.3) is 11.1 Å². The molecule has 4 rings (SSSR count). The second-order valence-corrected chi connectivity index (χ2v) is 17.7. The molecule has 0 radical (unpaired) electrons. The molecule has 0 N–H and O–H groups in total. The van der Waals surface area contributed by atoms with E-state index in [1.165, 1.54) is 33.4 Å². The molecule has 0 aliphatic heterocycles. The van der Waals surface area contributed by atoms with Gasteiger partial charge >= 0.3 is 0 Å². The van der Waals surface area contributed by atoms with Crippen LogP contribution >= 0.6 is 18.1 Å². The molecule has 2 heterocycles. The van der Waals surface area contributed by atoms with Crippen LogP contribution in [0.5, 0.6) is 23.0 Å². The Morgan fingerprint density at radius 1 is 0.500 bits per heavy atom. The summed E-state index contributed by atoms with van der Waals surface area (Å²) in [7, 11) is -0.554. The molecule has 0 amide bonds. The van der Waals surface area contributed by atoms with Crippen molar-refractivity contribution in [2.45, 2.75) is 144 Å². The summed E-state index contributed by atoms with van der Waals surface area (Å²) < 4.78 is 26.4. The highest BCUT2D eigenvalue weighted by molar-refractivity contribution is 7.27. The Morgan fingerprint density at radius 2 is 0.827 bits per heavy atom. The molecule has 2 aromatic heterocycles. The molecule has 2 unspecified atom stereocenters. The smallest absolute Gasteiger partial charge is 0.275 e. The first kappa shape index (κ1) is 41.6. The summed E-state index contributed by atoms with van der Waals surface area (Å²) >= 11 is 0. The Kier molecular flexibility index (Phi) is 13.5. The summed E-state index contributed by atoms with van der Waals surface area (Å²) in [4.78, 5) is 8.51. The van der Waals surface area contributed by atoms with E-state index in [1.54, 1.807) is 24.8 Å². The predicted octanol–water partition coefficient (Wildman–Crippen LogP) is 13.4. The number of rotatable bonds is 17. The summed E-state index contributed by atoms with van der Waals surface area (Å²) in [5.74, 6) is 3.04. The van der Waals surface area contributed by atoms with Gasteiger partial charge in [-0.05, 0) is 108 Å². The molecular weight excluding hydrogens is 682 g/mol. The van der Waals surface area contributed by atoms with Crippen LogP contribution in [-0.2, 0) is 21.7 Å². The van der Waals surface area contributed by atoms with E-state index in [0.717, 1.165) is 48.3 Å². The minimum Gasteiger partial charge on any atom is -0.440 e. The molecule has 2 atom stereocenters. The zero-order chi connectivity index (χ0) is 38.5. The topological polar surface area (TPSA) is 62.7 Å². The van der Waals surface area contributed by atoms with Gasteiger partial charge in [0.05, 0.1) is 12.4 Å². The third-order valence-electron chi connectivity index (χ3n) is 11.7. The molecule has 0 spiro atoms. The minimum absolute atomic E-state index is 0.0870. The van der Waals surface area contributed by atoms with Gasteiger partial charge in [0.15, 0.2) is 0 Å². The lowest BCUT2D eigenvalue weighted by molar-refractivity contribution is 0.453. The molecule has 0 aliphatic carbocycles. The molecule has 0 saturated heterocycles. The highest BCUT2D eigenvalue weighted by Gasteiger charge is 2.37. The van der Waals surface area contributed by atoms with E-state index in [2.05, 4.69) is 119 Å². The van der Waals surface area contributed by atoms with Crippen LogP contribution in [0.4, 0.5) is 0 Å². The van der Waals surface area contributed by atoms with Crippen molar-refractivity contribution in [3.8, 4) is 34.1 Å². The minimum atomic E-state index is -0.277. The van der Waals surface area contributed by atoms with Gasteiger partial charge in [0.2, 0.25) is 0 Å². The monoisotopic (exact) mass is 744 g/mol. The van der Waals surface area contributed by atoms with Gasteiger partial charge in [0, 0.05) is 34.6 Å². The normalized spacial score (nSPS) is 13.0. The van der Waals surface area contributed by atoms with E-state index in [0.29, 0.717) is 11.5 Å². The Hall–Kier alpha value is -3.20. The first-order valence-corrected chi connectivity index (χ1v) is 20.4. The molecule has 2 aromatic carbocycles. The van der Waals surface area contributed by atoms with Crippen molar-refractivity contribution in [3.63, 3.8) is 0 Å². The number of hydrogen-bond acceptors (Lipinski definition) is 6. The van der Waals surface area contributed by atoms with Crippen molar-refractivity contribution in [2.24, 2.45) is 0 Å². The Bertz CT molecular complexity index is 1670. The molecule has 8 heteroatoms. The lowest BCUT2D eigenvalue weighted by atomic mass is 9.69. The molecule has 282 valence electrons. The second kappa shape index (κ2) is 16.9. The summed E-state index contributed by atoms with van der Waals surface area (Å²) in [6.45, 7) is 32.3. The fraction of sp³-hybridized carbons (Fsp3) is 0.500. The number of benzene rings is 2. The van der Waals surface area contributed by atoms with Crippen LogP contribution in [0.3, 0.4) is 0 Å². The maximum absolute atomic E-state index is 6.97. The fourth-order valence-corrected chi connectivity index (χ4v) is 7.65. The van der Waals surface area contributed by atoms with Gasteiger partial charge in [-0.3, -0.25) is 9.97 Å². The van der Waals surface area contributed by atoms with Crippen molar-refractivity contribution in [1.82, 2.24) is 9.97 Å². The number of aromatic nitrogens is 2. The van der Waals surface area contributed by atoms with Crippen LogP contribution in [0.2, 0.25) is 0 Å². The van der Waals surface area contributed by atoms with Gasteiger partial charge in [0.25, 0.3) is 18.1 Å². The van der Waals surface area contributed by atoms with Crippen molar-refractivity contribution in [1.29, 1.82) is 0 Å². The molecule has 6 nitrogen and oxygen atoms in total. The highest BCUT2D eigenvalue weighted by Crippen LogP contribution is 2.55. The standard InChI is InChI=1S/C44H62N2O4P2/c1-15-41(7,8)33-25-35(43(11,12)17-3)39(49-51-47-31-21-19-23-45-27-31)37(29(33)5)38-30(6)34(42(9,10)16-2)26-36(44(13,14)18-4)40(38)50-52-48-32-22-20-24-46-28-32/h19-28,51-52H,15-18H2,1-14H3. The van der Waals surface area contributed by atoms with Gasteiger partial charge in [0.1, 0.15) is 23.0 Å². The van der Waals surface area contributed by atoms with E-state index in [9.17, 15) is 0 Å². The summed E-state index contributed by atoms with van der Waals surface area (Å²) in [5.41, 5.74) is 8.95. The van der Waals surface area contributed by atoms with Crippen LogP contribution in [0, 0.1) is 13.8 Å². The third-order valence-corrected chi connectivity index (χ3v) is 12.9. The Labute approximate surface area is 318 Å². The predicted molar refractivity (Wildman–Crippen MR) is 222 cm³/mol. The number of hydrogen-bond donors (Lipinski definition) is 0. The van der Waals surface area contributed by atoms with Crippen molar-refractivity contribution in [3.05, 3.63) is 94.6 Å². The number of nitrogens with zero attached hydrogens (tertiary/aromatic N) is 2. The largest absolute Gasteiger partial charge is 0.440 e. The van der Waals surface area contributed by atoms with Crippen LogP contribution in [0.15, 0.2) is 61.2 Å². The molecule has 52 heavy (non-hydrogen) atoms. The first-order valence-electron chi connectivity index (χ1n) is 18.8. The number of pyridine rings is 2. The molecular formula is C44H62N2O4P2. The molecule has 0 saturated carbocycles. The van der Waals surface area contributed by atoms with Gasteiger partial charge in [-0.1, -0.05) is 95.2 Å². The van der Waals surface area contributed by atoms with Crippen LogP contribution in [-0.4, -0.2) is 9.97 Å². The third kappa shape index (κ3) is 8.94. The SMILES string of the molecule is CCC(C)(C)c1cc(C(C)(C)CC)c(OPOc2cccnc2)c(-c2c(C)c(C(C)(C)CC)cc(C(C)(C)CC)c2OPOc2cccnc2)c1C. The summed E-state index contributed by atoms with van der Waals surface area (Å²) in [6, 6.07) is 12.4. The van der Waals surface area contributed by atoms with Crippen LogP contribution in [0.1, 0.15) is 142 Å². The fourth-order valence-electron chi connectivity index (χ4n) is 6.54. The lowest BCUT2D eigenvalue weighted by Crippen LogP contribution is -2.25. The lowest BCUT2D eigenvalue weighted by Gasteiger charge is -2.37. The molecule has 0 fully saturated rings. The van der Waals surface area contributed by atoms with Gasteiger partial charge in [-0.2, -0.15) is 0 Å². The van der Waals surface area contributed by atoms with Crippen LogP contribution < -0.4 is 18.1 Å². The average Bonchev–Trinajstić information content (AvgIpc) is 3.12. The van der Waals surface area contributed by atoms with E-state index in [1.807, 2.05) is 24.3 Å². The zero-order valence-corrected chi connectivity index (χ0v) is 36.1. The maximum atomic E-state index is 6.97. The van der Waals surface area contributed by atoms with Gasteiger partial charge in [-0.25, -0.2) is 0 Å². The van der Waals surface area contributed by atoms with E-state index < -0.39 is 0 Å². The molecule has 4 aromatic rings. The van der Waals surface area contributed by atoms with E-state index in [4.69, 9.17) is 18.1 Å². The van der Waals surface area contributed by atoms with Crippen molar-refractivity contribution < 1.29 is 18.1 Å². The Morgan fingerprint density at radius 3 is 1.12 bits per heavy atom. The van der Waals surface area contributed by atoms with Crippen molar-refractivity contribution >= 4 is 18.1 Å². The summed E-state index contributed by atoms with van der Waals surface area (Å²) in [5, 5.41) is 0. The second-order valence-electron chi connectivity index (χ2n) is 16.5. The molecule has 0 aliphatic rings. The summed E-state index contributed by atoms with van der Waals surface area (Å²) in [6.07, 6.45) is 10.8. The van der Waals surface area contributed by atoms with Gasteiger partial charge in [-0.15, -0.1) is 0 Å². The first-order chi connectivity index (χ1) is 24.5. The van der Waals surface area contributed by atoms with Crippen molar-refractivity contribution in [2.75, 3.05) is 0 Å². The van der Waals surface area contributed by atoms with E-state index >= 15 is 0 Å². The highest BCUT2D eigenvalue weighted by atomic mass is 31.1. The average molecular weight is 745 g/mol. The van der Waals surface area contributed by atoms with Gasteiger partial charge < -0.3 is 18.1 Å².